The molecule has 156 valence electrons. The van der Waals surface area contributed by atoms with E-state index in [2.05, 4.69) is 0 Å². The third-order valence-electron chi connectivity index (χ3n) is 5.28. The van der Waals surface area contributed by atoms with Crippen LogP contribution in [0.15, 0.2) is 84.9 Å². The molecule has 1 aliphatic rings. The fourth-order valence-electron chi connectivity index (χ4n) is 3.78. The molecule has 0 aliphatic heterocycles. The van der Waals surface area contributed by atoms with Crippen molar-refractivity contribution in [2.75, 3.05) is 11.5 Å². The van der Waals surface area contributed by atoms with Gasteiger partial charge in [0.1, 0.15) is 11.5 Å². The van der Waals surface area contributed by atoms with Gasteiger partial charge < -0.3 is 20.9 Å². The van der Waals surface area contributed by atoms with Gasteiger partial charge in [-0.2, -0.15) is 0 Å². The number of carbonyl (C=O) groups excluding carboxylic acids is 2. The van der Waals surface area contributed by atoms with Crippen molar-refractivity contribution in [1.82, 2.24) is 0 Å². The Hall–Kier alpha value is -4.58. The minimum Gasteiger partial charge on any atom is -0.451 e. The molecule has 4 aromatic carbocycles. The summed E-state index contributed by atoms with van der Waals surface area (Å²) in [5.41, 5.74) is 13.5. The number of hydrogen-bond acceptors (Lipinski definition) is 6. The summed E-state index contributed by atoms with van der Waals surface area (Å²) >= 11 is 0. The van der Waals surface area contributed by atoms with Gasteiger partial charge in [0.2, 0.25) is 0 Å². The van der Waals surface area contributed by atoms with Crippen molar-refractivity contribution in [3.63, 3.8) is 0 Å². The Balaban J connectivity index is 1.76. The molecule has 0 radical (unpaired) electrons. The number of para-hydroxylation sites is 2. The van der Waals surface area contributed by atoms with Crippen LogP contribution in [0, 0.1) is 0 Å². The average molecular weight is 422 g/mol. The molecule has 6 nitrogen and oxygen atoms in total. The van der Waals surface area contributed by atoms with Gasteiger partial charge >= 0.3 is 0 Å². The molecule has 32 heavy (non-hydrogen) atoms. The van der Waals surface area contributed by atoms with Crippen LogP contribution in [-0.2, 0) is 0 Å². The molecule has 0 saturated carbocycles. The van der Waals surface area contributed by atoms with Crippen LogP contribution < -0.4 is 20.9 Å². The van der Waals surface area contributed by atoms with E-state index in [1.54, 1.807) is 72.8 Å². The highest BCUT2D eigenvalue weighted by Crippen LogP contribution is 2.50. The van der Waals surface area contributed by atoms with E-state index in [0.29, 0.717) is 11.5 Å². The molecule has 4 N–H and O–H groups in total. The standard InChI is InChI=1S/C26H18N2O4/c27-21-19-20(24(30)18-14-8-7-13-17(18)23(19)29)22(28)26(32-16-11-5-2-6-12-16)25(21)31-15-9-3-1-4-10-15/h1-14H,27-28H2. The van der Waals surface area contributed by atoms with E-state index in [9.17, 15) is 9.59 Å². The van der Waals surface area contributed by atoms with E-state index in [1.165, 1.54) is 0 Å². The molecule has 0 fully saturated rings. The van der Waals surface area contributed by atoms with Crippen LogP contribution in [0.2, 0.25) is 0 Å². The summed E-state index contributed by atoms with van der Waals surface area (Å²) in [5, 5.41) is 0. The van der Waals surface area contributed by atoms with Crippen LogP contribution in [0.3, 0.4) is 0 Å². The number of anilines is 2. The van der Waals surface area contributed by atoms with Gasteiger partial charge in [0.15, 0.2) is 23.1 Å². The second kappa shape index (κ2) is 7.59. The number of rotatable bonds is 4. The Bertz CT molecular complexity index is 1260. The van der Waals surface area contributed by atoms with Gasteiger partial charge in [-0.15, -0.1) is 0 Å². The highest BCUT2D eigenvalue weighted by molar-refractivity contribution is 6.32. The number of ether oxygens (including phenoxy) is 2. The highest BCUT2D eigenvalue weighted by Gasteiger charge is 2.37. The summed E-state index contributed by atoms with van der Waals surface area (Å²) in [5.74, 6) is 0.346. The highest BCUT2D eigenvalue weighted by atomic mass is 16.5. The molecule has 0 spiro atoms. The number of nitrogen functional groups attached to an aromatic ring is 2. The maximum absolute atomic E-state index is 13.3. The fourth-order valence-corrected chi connectivity index (χ4v) is 3.78. The predicted molar refractivity (Wildman–Crippen MR) is 122 cm³/mol. The van der Waals surface area contributed by atoms with Crippen molar-refractivity contribution in [1.29, 1.82) is 0 Å². The van der Waals surface area contributed by atoms with E-state index in [4.69, 9.17) is 20.9 Å². The minimum atomic E-state index is -0.386. The second-order valence-electron chi connectivity index (χ2n) is 7.27. The van der Waals surface area contributed by atoms with E-state index in [-0.39, 0.29) is 56.7 Å². The first-order valence-corrected chi connectivity index (χ1v) is 9.95. The van der Waals surface area contributed by atoms with Crippen LogP contribution >= 0.6 is 0 Å². The van der Waals surface area contributed by atoms with Gasteiger partial charge in [-0.05, 0) is 24.3 Å². The molecule has 0 aromatic heterocycles. The van der Waals surface area contributed by atoms with E-state index >= 15 is 0 Å². The molecule has 0 amide bonds. The van der Waals surface area contributed by atoms with Crippen molar-refractivity contribution >= 4 is 22.9 Å². The molecule has 0 unspecified atom stereocenters. The number of hydrogen-bond donors (Lipinski definition) is 2. The number of fused-ring (bicyclic) bond motifs is 2. The topological polar surface area (TPSA) is 105 Å². The summed E-state index contributed by atoms with van der Waals surface area (Å²) in [6.07, 6.45) is 0. The van der Waals surface area contributed by atoms with Crippen LogP contribution in [0.5, 0.6) is 23.0 Å². The number of benzene rings is 4. The molecule has 1 aliphatic carbocycles. The minimum absolute atomic E-state index is 0.00293. The lowest BCUT2D eigenvalue weighted by Crippen LogP contribution is -2.24. The van der Waals surface area contributed by atoms with Gasteiger partial charge in [-0.3, -0.25) is 9.59 Å². The first kappa shape index (κ1) is 19.4. The zero-order valence-corrected chi connectivity index (χ0v) is 16.9. The quantitative estimate of drug-likeness (QED) is 0.385. The Kier molecular flexibility index (Phi) is 4.60. The Labute approximate surface area is 184 Å². The van der Waals surface area contributed by atoms with Crippen molar-refractivity contribution in [2.24, 2.45) is 0 Å². The van der Waals surface area contributed by atoms with Gasteiger partial charge in [0, 0.05) is 11.1 Å². The first-order chi connectivity index (χ1) is 15.6. The average Bonchev–Trinajstić information content (AvgIpc) is 2.83. The number of carbonyl (C=O) groups is 2. The van der Waals surface area contributed by atoms with Gasteiger partial charge in [0.05, 0.1) is 22.5 Å². The zero-order chi connectivity index (χ0) is 22.2. The Morgan fingerprint density at radius 2 is 0.844 bits per heavy atom. The van der Waals surface area contributed by atoms with Crippen LogP contribution in [0.4, 0.5) is 11.4 Å². The number of ketones is 2. The molecule has 4 aromatic rings. The molecule has 6 heteroatoms. The normalized spacial score (nSPS) is 12.1. The van der Waals surface area contributed by atoms with Crippen molar-refractivity contribution in [2.45, 2.75) is 0 Å². The van der Waals surface area contributed by atoms with Gasteiger partial charge in [0.25, 0.3) is 0 Å². The molecule has 0 saturated heterocycles. The van der Waals surface area contributed by atoms with Crippen molar-refractivity contribution in [3.8, 4) is 23.0 Å². The zero-order valence-electron chi connectivity index (χ0n) is 16.9. The van der Waals surface area contributed by atoms with E-state index < -0.39 is 0 Å². The van der Waals surface area contributed by atoms with Crippen LogP contribution in [-0.4, -0.2) is 11.6 Å². The maximum atomic E-state index is 13.3. The van der Waals surface area contributed by atoms with Gasteiger partial charge in [-0.1, -0.05) is 60.7 Å². The Morgan fingerprint density at radius 3 is 1.22 bits per heavy atom. The summed E-state index contributed by atoms with van der Waals surface area (Å²) in [6.45, 7) is 0. The molecule has 0 bridgehead atoms. The van der Waals surface area contributed by atoms with E-state index in [0.717, 1.165) is 0 Å². The summed E-state index contributed by atoms with van der Waals surface area (Å²) in [7, 11) is 0. The lowest BCUT2D eigenvalue weighted by molar-refractivity contribution is 0.0980. The molecule has 5 rings (SSSR count). The van der Waals surface area contributed by atoms with Crippen molar-refractivity contribution in [3.05, 3.63) is 107 Å². The largest absolute Gasteiger partial charge is 0.451 e. The van der Waals surface area contributed by atoms with Gasteiger partial charge in [-0.25, -0.2) is 0 Å². The smallest absolute Gasteiger partial charge is 0.196 e. The lowest BCUT2D eigenvalue weighted by Gasteiger charge is -2.25. The van der Waals surface area contributed by atoms with E-state index in [1.807, 2.05) is 12.1 Å². The summed E-state index contributed by atoms with van der Waals surface area (Å²) in [6, 6.07) is 24.4. The summed E-state index contributed by atoms with van der Waals surface area (Å²) in [4.78, 5) is 26.6. The predicted octanol–water partition coefficient (Wildman–Crippen LogP) is 5.21. The maximum Gasteiger partial charge on any atom is 0.196 e. The molecular formula is C26H18N2O4. The first-order valence-electron chi connectivity index (χ1n) is 9.95. The monoisotopic (exact) mass is 422 g/mol. The third kappa shape index (κ3) is 3.06. The lowest BCUT2D eigenvalue weighted by atomic mass is 9.82. The second-order valence-corrected chi connectivity index (χ2v) is 7.27. The molecule has 0 heterocycles. The van der Waals surface area contributed by atoms with Crippen molar-refractivity contribution < 1.29 is 19.1 Å². The number of nitrogens with two attached hydrogens (primary N) is 2. The fraction of sp³-hybridized carbons (Fsp3) is 0. The summed E-state index contributed by atoms with van der Waals surface area (Å²) < 4.78 is 12.1. The SMILES string of the molecule is Nc1c(Oc2ccccc2)c(Oc2ccccc2)c(N)c2c1C(=O)c1ccccc1C2=O. The van der Waals surface area contributed by atoms with Crippen LogP contribution in [0.25, 0.3) is 0 Å². The molecule has 0 atom stereocenters. The molecular weight excluding hydrogens is 404 g/mol. The third-order valence-corrected chi connectivity index (χ3v) is 5.28. The van der Waals surface area contributed by atoms with Crippen LogP contribution in [0.1, 0.15) is 31.8 Å². The Morgan fingerprint density at radius 1 is 0.500 bits per heavy atom.